The number of carboxylic acid groups (broad SMARTS) is 1. The Bertz CT molecular complexity index is 394. The van der Waals surface area contributed by atoms with E-state index in [4.69, 9.17) is 0 Å². The van der Waals surface area contributed by atoms with E-state index in [-0.39, 0.29) is 0 Å². The third kappa shape index (κ3) is 1.14. The van der Waals surface area contributed by atoms with Gasteiger partial charge in [-0.1, -0.05) is 18.2 Å². The Morgan fingerprint density at radius 1 is 1.36 bits per heavy atom. The van der Waals surface area contributed by atoms with E-state index in [2.05, 4.69) is 10.2 Å². The molecule has 0 radical (unpaired) electrons. The van der Waals surface area contributed by atoms with Gasteiger partial charge in [-0.05, 0) is 6.08 Å². The number of rotatable bonds is 2. The van der Waals surface area contributed by atoms with Gasteiger partial charge in [0.05, 0.1) is 12.4 Å². The first-order valence-electron chi connectivity index (χ1n) is 4.20. The summed E-state index contributed by atoms with van der Waals surface area (Å²) >= 11 is 0. The van der Waals surface area contributed by atoms with Gasteiger partial charge in [0.2, 0.25) is 5.54 Å². The number of hydrogen-bond acceptors (Lipinski definition) is 3. The number of hydrogen-bond donors (Lipinski definition) is 1. The fraction of sp³-hybridized carbons (Fsp3) is 0.222. The molecule has 2 rings (SSSR count). The second kappa shape index (κ2) is 3.10. The molecule has 1 aromatic heterocycles. The van der Waals surface area contributed by atoms with Crippen molar-refractivity contribution in [3.05, 3.63) is 36.7 Å². The van der Waals surface area contributed by atoms with Crippen molar-refractivity contribution in [3.63, 3.8) is 0 Å². The maximum Gasteiger partial charge on any atom is 0.337 e. The molecule has 5 nitrogen and oxygen atoms in total. The van der Waals surface area contributed by atoms with Crippen LogP contribution in [0.3, 0.4) is 0 Å². The van der Waals surface area contributed by atoms with Crippen molar-refractivity contribution in [1.29, 1.82) is 0 Å². The number of aromatic nitrogens is 3. The molecule has 1 aliphatic rings. The van der Waals surface area contributed by atoms with Gasteiger partial charge in [0.25, 0.3) is 0 Å². The minimum atomic E-state index is -1.15. The molecule has 5 heteroatoms. The first-order valence-corrected chi connectivity index (χ1v) is 4.20. The Labute approximate surface area is 80.4 Å². The van der Waals surface area contributed by atoms with Crippen LogP contribution in [0.15, 0.2) is 36.7 Å². The number of allylic oxidation sites excluding steroid dienone is 3. The lowest BCUT2D eigenvalue weighted by molar-refractivity contribution is -0.145. The van der Waals surface area contributed by atoms with E-state index >= 15 is 0 Å². The van der Waals surface area contributed by atoms with Gasteiger partial charge >= 0.3 is 5.97 Å². The summed E-state index contributed by atoms with van der Waals surface area (Å²) in [5.41, 5.74) is -1.15. The van der Waals surface area contributed by atoms with Crippen LogP contribution in [0.4, 0.5) is 0 Å². The fourth-order valence-electron chi connectivity index (χ4n) is 1.42. The summed E-state index contributed by atoms with van der Waals surface area (Å²) in [6.07, 6.45) is 10.2. The Morgan fingerprint density at radius 2 is 2.07 bits per heavy atom. The van der Waals surface area contributed by atoms with Gasteiger partial charge in [0, 0.05) is 6.42 Å². The Kier molecular flexibility index (Phi) is 1.92. The van der Waals surface area contributed by atoms with E-state index in [0.717, 1.165) is 0 Å². The molecule has 0 saturated carbocycles. The van der Waals surface area contributed by atoms with Gasteiger partial charge in [-0.15, -0.1) is 0 Å². The quantitative estimate of drug-likeness (QED) is 0.742. The van der Waals surface area contributed by atoms with E-state index in [1.807, 2.05) is 6.08 Å². The van der Waals surface area contributed by atoms with Crippen LogP contribution in [0.1, 0.15) is 6.42 Å². The Balaban J connectivity index is 2.47. The maximum atomic E-state index is 11.2. The van der Waals surface area contributed by atoms with Crippen LogP contribution in [0.5, 0.6) is 0 Å². The average molecular weight is 191 g/mol. The highest BCUT2D eigenvalue weighted by Gasteiger charge is 2.39. The normalized spacial score (nSPS) is 25.1. The number of carboxylic acids is 1. The minimum Gasteiger partial charge on any atom is -0.479 e. The van der Waals surface area contributed by atoms with E-state index in [0.29, 0.717) is 6.42 Å². The van der Waals surface area contributed by atoms with Gasteiger partial charge < -0.3 is 5.11 Å². The molecule has 0 saturated heterocycles. The van der Waals surface area contributed by atoms with Gasteiger partial charge in [-0.25, -0.2) is 4.79 Å². The molecule has 0 spiro atoms. The lowest BCUT2D eigenvalue weighted by Crippen LogP contribution is -2.42. The third-order valence-electron chi connectivity index (χ3n) is 2.19. The van der Waals surface area contributed by atoms with Crippen molar-refractivity contribution < 1.29 is 9.90 Å². The number of carbonyl (C=O) groups is 1. The molecule has 0 amide bonds. The SMILES string of the molecule is O=C(O)C1(n2nccn2)C=CC=CC1. The number of aliphatic carboxylic acids is 1. The lowest BCUT2D eigenvalue weighted by Gasteiger charge is -2.24. The second-order valence-electron chi connectivity index (χ2n) is 3.04. The predicted octanol–water partition coefficient (Wildman–Crippen LogP) is 0.574. The van der Waals surface area contributed by atoms with Gasteiger partial charge in [-0.3, -0.25) is 0 Å². The van der Waals surface area contributed by atoms with Crippen molar-refractivity contribution in [1.82, 2.24) is 15.0 Å². The van der Waals surface area contributed by atoms with E-state index in [1.165, 1.54) is 17.2 Å². The van der Waals surface area contributed by atoms with Crippen molar-refractivity contribution in [3.8, 4) is 0 Å². The van der Waals surface area contributed by atoms with Crippen LogP contribution in [-0.4, -0.2) is 26.1 Å². The summed E-state index contributed by atoms with van der Waals surface area (Å²) in [5, 5.41) is 16.9. The summed E-state index contributed by atoms with van der Waals surface area (Å²) in [6, 6.07) is 0. The van der Waals surface area contributed by atoms with Crippen LogP contribution < -0.4 is 0 Å². The molecular formula is C9H9N3O2. The van der Waals surface area contributed by atoms with Gasteiger partial charge in [-0.2, -0.15) is 15.0 Å². The largest absolute Gasteiger partial charge is 0.479 e. The summed E-state index contributed by atoms with van der Waals surface area (Å²) in [5.74, 6) is -0.950. The van der Waals surface area contributed by atoms with E-state index < -0.39 is 11.5 Å². The Morgan fingerprint density at radius 3 is 2.57 bits per heavy atom. The molecule has 0 aromatic carbocycles. The third-order valence-corrected chi connectivity index (χ3v) is 2.19. The van der Waals surface area contributed by atoms with Crippen LogP contribution in [0.25, 0.3) is 0 Å². The molecule has 0 fully saturated rings. The van der Waals surface area contributed by atoms with Crippen molar-refractivity contribution in [2.45, 2.75) is 12.0 Å². The molecular weight excluding hydrogens is 182 g/mol. The predicted molar refractivity (Wildman–Crippen MR) is 48.5 cm³/mol. The van der Waals surface area contributed by atoms with Crippen molar-refractivity contribution in [2.24, 2.45) is 0 Å². The van der Waals surface area contributed by atoms with Gasteiger partial charge in [0.15, 0.2) is 0 Å². The van der Waals surface area contributed by atoms with Crippen molar-refractivity contribution in [2.75, 3.05) is 0 Å². The van der Waals surface area contributed by atoms with Crippen LogP contribution in [0, 0.1) is 0 Å². The van der Waals surface area contributed by atoms with Gasteiger partial charge in [0.1, 0.15) is 0 Å². The molecule has 0 bridgehead atoms. The Hall–Kier alpha value is -1.91. The van der Waals surface area contributed by atoms with Crippen LogP contribution in [0.2, 0.25) is 0 Å². The fourth-order valence-corrected chi connectivity index (χ4v) is 1.42. The second-order valence-corrected chi connectivity index (χ2v) is 3.04. The highest BCUT2D eigenvalue weighted by molar-refractivity contribution is 5.79. The molecule has 1 atom stereocenters. The summed E-state index contributed by atoms with van der Waals surface area (Å²) in [4.78, 5) is 12.4. The molecule has 14 heavy (non-hydrogen) atoms. The van der Waals surface area contributed by atoms with Crippen LogP contribution >= 0.6 is 0 Å². The standard InChI is InChI=1S/C9H9N3O2/c13-8(14)9(4-2-1-3-5-9)12-10-6-7-11-12/h1-4,6-7H,5H2,(H,13,14). The monoisotopic (exact) mass is 191 g/mol. The zero-order valence-corrected chi connectivity index (χ0v) is 7.37. The highest BCUT2D eigenvalue weighted by atomic mass is 16.4. The topological polar surface area (TPSA) is 68.0 Å². The lowest BCUT2D eigenvalue weighted by atomic mass is 9.92. The molecule has 1 heterocycles. The molecule has 1 N–H and O–H groups in total. The first-order chi connectivity index (χ1) is 6.76. The average Bonchev–Trinajstić information content (AvgIpc) is 2.72. The zero-order valence-electron chi connectivity index (χ0n) is 7.37. The molecule has 72 valence electrons. The summed E-state index contributed by atoms with van der Waals surface area (Å²) in [6.45, 7) is 0. The molecule has 1 aliphatic carbocycles. The molecule has 1 aromatic rings. The zero-order chi connectivity index (χ0) is 10.0. The van der Waals surface area contributed by atoms with Crippen molar-refractivity contribution >= 4 is 5.97 Å². The van der Waals surface area contributed by atoms with E-state index in [1.54, 1.807) is 18.2 Å². The first kappa shape index (κ1) is 8.68. The summed E-state index contributed by atoms with van der Waals surface area (Å²) < 4.78 is 0. The maximum absolute atomic E-state index is 11.2. The highest BCUT2D eigenvalue weighted by Crippen LogP contribution is 2.25. The molecule has 1 unspecified atom stereocenters. The summed E-state index contributed by atoms with van der Waals surface area (Å²) in [7, 11) is 0. The van der Waals surface area contributed by atoms with E-state index in [9.17, 15) is 9.90 Å². The smallest absolute Gasteiger partial charge is 0.337 e. The number of nitrogens with zero attached hydrogens (tertiary/aromatic N) is 3. The minimum absolute atomic E-state index is 0.369. The van der Waals surface area contributed by atoms with Crippen LogP contribution in [-0.2, 0) is 10.3 Å². The molecule has 0 aliphatic heterocycles.